The summed E-state index contributed by atoms with van der Waals surface area (Å²) in [5, 5.41) is 6.96. The van der Waals surface area contributed by atoms with Crippen LogP contribution >= 0.6 is 22.9 Å². The molecule has 0 spiro atoms. The monoisotopic (exact) mass is 268 g/mol. The van der Waals surface area contributed by atoms with Gasteiger partial charge in [0.2, 0.25) is 0 Å². The summed E-state index contributed by atoms with van der Waals surface area (Å²) >= 11 is 7.69. The number of anilines is 1. The minimum Gasteiger partial charge on any atom is -0.495 e. The van der Waals surface area contributed by atoms with E-state index in [9.17, 15) is 0 Å². The molecule has 17 heavy (non-hydrogen) atoms. The molecule has 2 aromatic rings. The molecule has 5 heteroatoms. The highest BCUT2D eigenvalue weighted by molar-refractivity contribution is 7.09. The average molecular weight is 269 g/mol. The number of thiazole rings is 1. The Kier molecular flexibility index (Phi) is 3.86. The standard InChI is InChI=1S/C12H13ClN2OS/c1-8(12-14-5-6-17-12)15-9-3-4-11(16-2)10(13)7-9/h3-8,15H,1-2H3. The zero-order valence-corrected chi connectivity index (χ0v) is 11.2. The predicted molar refractivity (Wildman–Crippen MR) is 72.2 cm³/mol. The van der Waals surface area contributed by atoms with Crippen LogP contribution in [0.2, 0.25) is 5.02 Å². The van der Waals surface area contributed by atoms with E-state index in [1.54, 1.807) is 24.6 Å². The Morgan fingerprint density at radius 3 is 2.88 bits per heavy atom. The fraction of sp³-hybridized carbons (Fsp3) is 0.250. The highest BCUT2D eigenvalue weighted by Gasteiger charge is 2.09. The van der Waals surface area contributed by atoms with Crippen molar-refractivity contribution in [2.75, 3.05) is 12.4 Å². The van der Waals surface area contributed by atoms with Crippen molar-refractivity contribution >= 4 is 28.6 Å². The Morgan fingerprint density at radius 2 is 2.29 bits per heavy atom. The normalized spacial score (nSPS) is 12.2. The van der Waals surface area contributed by atoms with E-state index in [1.165, 1.54) is 0 Å². The molecule has 1 heterocycles. The van der Waals surface area contributed by atoms with E-state index >= 15 is 0 Å². The van der Waals surface area contributed by atoms with Crippen LogP contribution in [0.25, 0.3) is 0 Å². The van der Waals surface area contributed by atoms with Gasteiger partial charge in [-0.2, -0.15) is 0 Å². The van der Waals surface area contributed by atoms with Crippen molar-refractivity contribution in [1.82, 2.24) is 4.98 Å². The third kappa shape index (κ3) is 2.90. The first-order valence-corrected chi connectivity index (χ1v) is 6.46. The summed E-state index contributed by atoms with van der Waals surface area (Å²) < 4.78 is 5.11. The van der Waals surface area contributed by atoms with Gasteiger partial charge in [-0.05, 0) is 25.1 Å². The van der Waals surface area contributed by atoms with E-state index in [2.05, 4.69) is 17.2 Å². The number of nitrogens with zero attached hydrogens (tertiary/aromatic N) is 1. The lowest BCUT2D eigenvalue weighted by Crippen LogP contribution is -2.05. The minimum absolute atomic E-state index is 0.166. The van der Waals surface area contributed by atoms with Crippen LogP contribution in [0.1, 0.15) is 18.0 Å². The average Bonchev–Trinajstić information content (AvgIpc) is 2.82. The molecule has 1 N–H and O–H groups in total. The number of methoxy groups -OCH3 is 1. The second-order valence-corrected chi connectivity index (χ2v) is 4.92. The summed E-state index contributed by atoms with van der Waals surface area (Å²) in [7, 11) is 1.60. The quantitative estimate of drug-likeness (QED) is 0.911. The molecule has 1 unspecified atom stereocenters. The van der Waals surface area contributed by atoms with Crippen molar-refractivity contribution in [3.63, 3.8) is 0 Å². The second-order valence-electron chi connectivity index (χ2n) is 3.59. The smallest absolute Gasteiger partial charge is 0.137 e. The third-order valence-corrected chi connectivity index (χ3v) is 3.61. The van der Waals surface area contributed by atoms with Gasteiger partial charge in [0.25, 0.3) is 0 Å². The third-order valence-electron chi connectivity index (χ3n) is 2.36. The van der Waals surface area contributed by atoms with Gasteiger partial charge in [0.1, 0.15) is 10.8 Å². The van der Waals surface area contributed by atoms with Crippen LogP contribution in [0.4, 0.5) is 5.69 Å². The van der Waals surface area contributed by atoms with Crippen molar-refractivity contribution in [3.05, 3.63) is 39.8 Å². The van der Waals surface area contributed by atoms with Gasteiger partial charge in [-0.15, -0.1) is 11.3 Å². The molecule has 1 atom stereocenters. The fourth-order valence-corrected chi connectivity index (χ4v) is 2.42. The SMILES string of the molecule is COc1ccc(NC(C)c2nccs2)cc1Cl. The van der Waals surface area contributed by atoms with Crippen LogP contribution in [0, 0.1) is 0 Å². The zero-order valence-electron chi connectivity index (χ0n) is 9.61. The number of hydrogen-bond donors (Lipinski definition) is 1. The maximum Gasteiger partial charge on any atom is 0.137 e. The molecule has 2 rings (SSSR count). The Bertz CT molecular complexity index is 487. The predicted octanol–water partition coefficient (Wildman–Crippen LogP) is 3.98. The van der Waals surface area contributed by atoms with Crippen molar-refractivity contribution < 1.29 is 4.74 Å². The van der Waals surface area contributed by atoms with Gasteiger partial charge < -0.3 is 10.1 Å². The zero-order chi connectivity index (χ0) is 12.3. The molecule has 3 nitrogen and oxygen atoms in total. The second kappa shape index (κ2) is 5.38. The van der Waals surface area contributed by atoms with Crippen molar-refractivity contribution in [3.8, 4) is 5.75 Å². The summed E-state index contributed by atoms with van der Waals surface area (Å²) in [6.45, 7) is 2.07. The Morgan fingerprint density at radius 1 is 1.47 bits per heavy atom. The molecule has 90 valence electrons. The van der Waals surface area contributed by atoms with Gasteiger partial charge in [-0.3, -0.25) is 0 Å². The lowest BCUT2D eigenvalue weighted by Gasteiger charge is -2.13. The van der Waals surface area contributed by atoms with Gasteiger partial charge in [-0.1, -0.05) is 11.6 Å². The molecule has 1 aromatic heterocycles. The molecule has 0 bridgehead atoms. The first-order chi connectivity index (χ1) is 8.20. The molecule has 0 fully saturated rings. The van der Waals surface area contributed by atoms with E-state index in [4.69, 9.17) is 16.3 Å². The van der Waals surface area contributed by atoms with Gasteiger partial charge in [-0.25, -0.2) is 4.98 Å². The van der Waals surface area contributed by atoms with E-state index in [0.717, 1.165) is 10.7 Å². The maximum atomic E-state index is 6.06. The lowest BCUT2D eigenvalue weighted by atomic mass is 10.2. The molecular formula is C12H13ClN2OS. The summed E-state index contributed by atoms with van der Waals surface area (Å²) in [5.74, 6) is 0.680. The van der Waals surface area contributed by atoms with Gasteiger partial charge in [0.05, 0.1) is 18.2 Å². The Hall–Kier alpha value is -1.26. The molecule has 0 radical (unpaired) electrons. The highest BCUT2D eigenvalue weighted by atomic mass is 35.5. The molecule has 0 saturated heterocycles. The first-order valence-electron chi connectivity index (χ1n) is 5.20. The number of halogens is 1. The number of aromatic nitrogens is 1. The summed E-state index contributed by atoms with van der Waals surface area (Å²) in [4.78, 5) is 4.27. The van der Waals surface area contributed by atoms with E-state index < -0.39 is 0 Å². The molecule has 0 amide bonds. The first kappa shape index (κ1) is 12.2. The molecule has 0 aliphatic heterocycles. The highest BCUT2D eigenvalue weighted by Crippen LogP contribution is 2.29. The van der Waals surface area contributed by atoms with E-state index in [1.807, 2.05) is 23.6 Å². The van der Waals surface area contributed by atoms with Gasteiger partial charge in [0.15, 0.2) is 0 Å². The molecular weight excluding hydrogens is 256 g/mol. The van der Waals surface area contributed by atoms with E-state index in [0.29, 0.717) is 10.8 Å². The number of nitrogens with one attached hydrogen (secondary N) is 1. The summed E-state index contributed by atoms with van der Waals surface area (Å²) in [6.07, 6.45) is 1.80. The number of ether oxygens (including phenoxy) is 1. The van der Waals surface area contributed by atoms with Crippen molar-refractivity contribution in [2.24, 2.45) is 0 Å². The molecule has 0 aliphatic carbocycles. The lowest BCUT2D eigenvalue weighted by molar-refractivity contribution is 0.415. The summed E-state index contributed by atoms with van der Waals surface area (Å²) in [5.41, 5.74) is 0.957. The van der Waals surface area contributed by atoms with E-state index in [-0.39, 0.29) is 6.04 Å². The molecule has 0 aliphatic rings. The molecule has 1 aromatic carbocycles. The number of rotatable bonds is 4. The van der Waals surface area contributed by atoms with Crippen LogP contribution in [0.15, 0.2) is 29.8 Å². The van der Waals surface area contributed by atoms with Crippen LogP contribution in [-0.4, -0.2) is 12.1 Å². The Balaban J connectivity index is 2.11. The minimum atomic E-state index is 0.166. The van der Waals surface area contributed by atoms with Crippen LogP contribution in [0.5, 0.6) is 5.75 Å². The number of benzene rings is 1. The van der Waals surface area contributed by atoms with Crippen molar-refractivity contribution in [1.29, 1.82) is 0 Å². The fourth-order valence-electron chi connectivity index (χ4n) is 1.52. The number of hydrogen-bond acceptors (Lipinski definition) is 4. The van der Waals surface area contributed by atoms with Crippen LogP contribution < -0.4 is 10.1 Å². The molecule has 0 saturated carbocycles. The van der Waals surface area contributed by atoms with Crippen molar-refractivity contribution in [2.45, 2.75) is 13.0 Å². The van der Waals surface area contributed by atoms with Crippen LogP contribution in [-0.2, 0) is 0 Å². The largest absolute Gasteiger partial charge is 0.495 e. The Labute approximate surface area is 109 Å². The summed E-state index contributed by atoms with van der Waals surface area (Å²) in [6, 6.07) is 5.80. The van der Waals surface area contributed by atoms with Gasteiger partial charge >= 0.3 is 0 Å². The maximum absolute atomic E-state index is 6.06. The van der Waals surface area contributed by atoms with Crippen LogP contribution in [0.3, 0.4) is 0 Å². The topological polar surface area (TPSA) is 34.1 Å². The van der Waals surface area contributed by atoms with Gasteiger partial charge in [0, 0.05) is 17.3 Å².